The van der Waals surface area contributed by atoms with Crippen molar-refractivity contribution in [2.75, 3.05) is 12.3 Å². The SMILES string of the molecule is CC(C)C1CCC(C(C)C)P1CCP1(=O)C(C(C)C)CCC1C(C)C. The smallest absolute Gasteiger partial charge is 0.0944 e. The van der Waals surface area contributed by atoms with Gasteiger partial charge in [0.2, 0.25) is 0 Å². The molecule has 2 aliphatic rings. The lowest BCUT2D eigenvalue weighted by Gasteiger charge is -2.35. The van der Waals surface area contributed by atoms with Crippen LogP contribution in [0.1, 0.15) is 81.1 Å². The van der Waals surface area contributed by atoms with Gasteiger partial charge in [0, 0.05) is 17.5 Å². The minimum Gasteiger partial charge on any atom is -0.323 e. The largest absolute Gasteiger partial charge is 0.323 e. The lowest BCUT2D eigenvalue weighted by molar-refractivity contribution is 0.528. The Morgan fingerprint density at radius 2 is 1.12 bits per heavy atom. The zero-order chi connectivity index (χ0) is 18.9. The monoisotopic (exact) mass is 386 g/mol. The van der Waals surface area contributed by atoms with Crippen LogP contribution in [-0.2, 0) is 4.57 Å². The molecule has 25 heavy (non-hydrogen) atoms. The third-order valence-corrected chi connectivity index (χ3v) is 16.7. The molecule has 2 saturated heterocycles. The molecule has 0 saturated carbocycles. The van der Waals surface area contributed by atoms with Crippen molar-refractivity contribution >= 4 is 15.1 Å². The molecule has 0 bridgehead atoms. The molecule has 0 spiro atoms. The summed E-state index contributed by atoms with van der Waals surface area (Å²) in [5, 5.41) is 0. The first-order valence-electron chi connectivity index (χ1n) is 10.9. The van der Waals surface area contributed by atoms with E-state index in [4.69, 9.17) is 0 Å². The summed E-state index contributed by atoms with van der Waals surface area (Å²) in [5.74, 6) is 2.79. The Balaban J connectivity index is 2.18. The van der Waals surface area contributed by atoms with Crippen LogP contribution < -0.4 is 0 Å². The molecule has 2 heterocycles. The molecule has 2 aliphatic heterocycles. The fraction of sp³-hybridized carbons (Fsp3) is 1.00. The van der Waals surface area contributed by atoms with E-state index >= 15 is 0 Å². The van der Waals surface area contributed by atoms with Crippen molar-refractivity contribution in [2.45, 2.75) is 104 Å². The highest BCUT2D eigenvalue weighted by atomic mass is 31.2. The van der Waals surface area contributed by atoms with Gasteiger partial charge in [0.05, 0.1) is 7.14 Å². The van der Waals surface area contributed by atoms with E-state index in [1.165, 1.54) is 31.8 Å². The molecule has 0 aliphatic carbocycles. The lowest BCUT2D eigenvalue weighted by atomic mass is 10.0. The Morgan fingerprint density at radius 1 is 0.720 bits per heavy atom. The Morgan fingerprint density at radius 3 is 1.44 bits per heavy atom. The second-order valence-corrected chi connectivity index (χ2v) is 16.5. The molecule has 4 unspecified atom stereocenters. The highest BCUT2D eigenvalue weighted by molar-refractivity contribution is 7.67. The summed E-state index contributed by atoms with van der Waals surface area (Å²) in [6.45, 7) is 19.0. The second kappa shape index (κ2) is 8.78. The van der Waals surface area contributed by atoms with Crippen LogP contribution in [0.5, 0.6) is 0 Å². The maximum atomic E-state index is 14.3. The van der Waals surface area contributed by atoms with Gasteiger partial charge in [-0.3, -0.25) is 0 Å². The third-order valence-electron chi connectivity index (χ3n) is 7.28. The van der Waals surface area contributed by atoms with Gasteiger partial charge in [0.15, 0.2) is 0 Å². The summed E-state index contributed by atoms with van der Waals surface area (Å²) in [6, 6.07) is 0. The van der Waals surface area contributed by atoms with Gasteiger partial charge in [-0.1, -0.05) is 63.3 Å². The first-order chi connectivity index (χ1) is 11.6. The van der Waals surface area contributed by atoms with Crippen molar-refractivity contribution in [2.24, 2.45) is 23.7 Å². The first-order valence-corrected chi connectivity index (χ1v) is 14.6. The molecule has 0 aromatic rings. The summed E-state index contributed by atoms with van der Waals surface area (Å²) >= 11 is 0. The fourth-order valence-electron chi connectivity index (χ4n) is 5.99. The van der Waals surface area contributed by atoms with Crippen LogP contribution in [0.3, 0.4) is 0 Å². The van der Waals surface area contributed by atoms with Gasteiger partial charge in [-0.15, -0.1) is 0 Å². The molecule has 148 valence electrons. The van der Waals surface area contributed by atoms with Crippen LogP contribution in [-0.4, -0.2) is 35.0 Å². The Bertz CT molecular complexity index is 433. The highest BCUT2D eigenvalue weighted by Crippen LogP contribution is 2.69. The fourth-order valence-corrected chi connectivity index (χ4v) is 16.2. The predicted octanol–water partition coefficient (Wildman–Crippen LogP) is 7.52. The van der Waals surface area contributed by atoms with E-state index in [9.17, 15) is 4.57 Å². The van der Waals surface area contributed by atoms with Crippen molar-refractivity contribution in [3.05, 3.63) is 0 Å². The van der Waals surface area contributed by atoms with Crippen molar-refractivity contribution in [3.63, 3.8) is 0 Å². The van der Waals surface area contributed by atoms with E-state index in [0.29, 0.717) is 23.2 Å². The number of rotatable bonds is 7. The average Bonchev–Trinajstić information content (AvgIpc) is 3.06. The van der Waals surface area contributed by atoms with Gasteiger partial charge in [0.1, 0.15) is 0 Å². The predicted molar refractivity (Wildman–Crippen MR) is 117 cm³/mol. The molecule has 1 nitrogen and oxygen atoms in total. The minimum atomic E-state index is -2.05. The molecule has 2 rings (SSSR count). The summed E-state index contributed by atoms with van der Waals surface area (Å²) < 4.78 is 14.3. The normalized spacial score (nSPS) is 39.4. The molecular weight excluding hydrogens is 342 g/mol. The molecule has 0 aromatic carbocycles. The van der Waals surface area contributed by atoms with Gasteiger partial charge >= 0.3 is 0 Å². The van der Waals surface area contributed by atoms with Crippen LogP contribution in [0.4, 0.5) is 0 Å². The van der Waals surface area contributed by atoms with Crippen LogP contribution in [0.25, 0.3) is 0 Å². The number of hydrogen-bond acceptors (Lipinski definition) is 1. The van der Waals surface area contributed by atoms with Gasteiger partial charge in [-0.2, -0.15) is 0 Å². The maximum Gasteiger partial charge on any atom is 0.0944 e. The summed E-state index contributed by atoms with van der Waals surface area (Å²) in [4.78, 5) is 0. The zero-order valence-corrected chi connectivity index (χ0v) is 20.0. The van der Waals surface area contributed by atoms with Crippen LogP contribution in [0.15, 0.2) is 0 Å². The van der Waals surface area contributed by atoms with Gasteiger partial charge < -0.3 is 4.57 Å². The van der Waals surface area contributed by atoms with Crippen molar-refractivity contribution in [3.8, 4) is 0 Å². The van der Waals surface area contributed by atoms with E-state index in [-0.39, 0.29) is 7.92 Å². The zero-order valence-electron chi connectivity index (χ0n) is 18.2. The highest BCUT2D eigenvalue weighted by Gasteiger charge is 2.49. The Labute approximate surface area is 159 Å². The van der Waals surface area contributed by atoms with Crippen molar-refractivity contribution in [1.29, 1.82) is 0 Å². The molecule has 2 fully saturated rings. The molecule has 0 N–H and O–H groups in total. The van der Waals surface area contributed by atoms with Gasteiger partial charge in [-0.05, 0) is 66.8 Å². The summed E-state index contributed by atoms with van der Waals surface area (Å²) in [7, 11) is -2.00. The maximum absolute atomic E-state index is 14.3. The van der Waals surface area contributed by atoms with Crippen molar-refractivity contribution in [1.82, 2.24) is 0 Å². The average molecular weight is 387 g/mol. The van der Waals surface area contributed by atoms with E-state index in [1.807, 2.05) is 0 Å². The quantitative estimate of drug-likeness (QED) is 0.414. The van der Waals surface area contributed by atoms with E-state index in [0.717, 1.165) is 29.3 Å². The molecule has 3 heteroatoms. The number of hydrogen-bond donors (Lipinski definition) is 0. The minimum absolute atomic E-state index is 0.0522. The summed E-state index contributed by atoms with van der Waals surface area (Å²) in [5.41, 5.74) is 2.86. The van der Waals surface area contributed by atoms with E-state index in [2.05, 4.69) is 55.4 Å². The van der Waals surface area contributed by atoms with Crippen LogP contribution >= 0.6 is 15.1 Å². The van der Waals surface area contributed by atoms with Gasteiger partial charge in [-0.25, -0.2) is 0 Å². The Kier molecular flexibility index (Phi) is 7.71. The summed E-state index contributed by atoms with van der Waals surface area (Å²) in [6.07, 6.45) is 7.66. The first kappa shape index (κ1) is 22.0. The molecule has 0 aromatic heterocycles. The van der Waals surface area contributed by atoms with E-state index < -0.39 is 7.14 Å². The van der Waals surface area contributed by atoms with Crippen LogP contribution in [0, 0.1) is 23.7 Å². The Hall–Kier alpha value is 0.660. The van der Waals surface area contributed by atoms with Crippen LogP contribution in [0.2, 0.25) is 0 Å². The molecule has 0 radical (unpaired) electrons. The van der Waals surface area contributed by atoms with Crippen molar-refractivity contribution < 1.29 is 4.57 Å². The lowest BCUT2D eigenvalue weighted by Crippen LogP contribution is -2.23. The van der Waals surface area contributed by atoms with Gasteiger partial charge in [0.25, 0.3) is 0 Å². The second-order valence-electron chi connectivity index (χ2n) is 10.2. The third kappa shape index (κ3) is 4.57. The standard InChI is InChI=1S/C22H44OP2/c1-15(2)19-9-10-20(16(3)4)24(19)13-14-25(23)21(17(5)6)11-12-22(25)18(7)8/h15-22H,9-14H2,1-8H3. The molecule has 4 atom stereocenters. The van der Waals surface area contributed by atoms with E-state index in [1.54, 1.807) is 0 Å². The topological polar surface area (TPSA) is 17.1 Å². The molecule has 0 amide bonds. The molecular formula is C22H44OP2.